The SMILES string of the molecule is O=C(OCCCCCCCCCOc1ccccc1[N+](=O)[O-])OB(OC(=O)OCCCCCCCCCOc1ccccc1[N+](=O)[O-])c1ccccc1. The van der Waals surface area contributed by atoms with Gasteiger partial charge < -0.3 is 28.3 Å². The standard InChI is InChI=1S/C38H49BN2O12/c42-37(50-30-20-9-5-1-3-7-18-28-48-35-26-16-14-24-33(35)40(44)45)52-39(32-22-12-11-13-23-32)53-38(43)51-31-21-10-6-2-4-8-19-29-49-36-27-17-15-25-34(36)41(46)47/h11-17,22-27H,1-10,18-21,28-31H2. The fourth-order valence-corrected chi connectivity index (χ4v) is 5.32. The average Bonchev–Trinajstić information content (AvgIpc) is 3.16. The first-order chi connectivity index (χ1) is 25.8. The van der Waals surface area contributed by atoms with Crippen LogP contribution in [0.3, 0.4) is 0 Å². The van der Waals surface area contributed by atoms with Crippen molar-refractivity contribution in [3.8, 4) is 11.5 Å². The van der Waals surface area contributed by atoms with Gasteiger partial charge in [-0.05, 0) is 37.8 Å². The summed E-state index contributed by atoms with van der Waals surface area (Å²) in [5.74, 6) is 0.568. The van der Waals surface area contributed by atoms with Gasteiger partial charge in [0.15, 0.2) is 11.5 Å². The van der Waals surface area contributed by atoms with Gasteiger partial charge in [-0.15, -0.1) is 0 Å². The summed E-state index contributed by atoms with van der Waals surface area (Å²) in [5.41, 5.74) is 0.393. The van der Waals surface area contributed by atoms with E-state index in [-0.39, 0.29) is 36.1 Å². The molecule has 0 unspecified atom stereocenters. The van der Waals surface area contributed by atoms with E-state index in [0.717, 1.165) is 77.0 Å². The van der Waals surface area contributed by atoms with Crippen molar-refractivity contribution in [3.05, 3.63) is 99.1 Å². The molecule has 0 radical (unpaired) electrons. The number of para-hydroxylation sites is 4. The molecule has 0 aliphatic rings. The summed E-state index contributed by atoms with van der Waals surface area (Å²) >= 11 is 0. The molecule has 53 heavy (non-hydrogen) atoms. The molecule has 0 saturated carbocycles. The maximum atomic E-state index is 12.4. The smallest absolute Gasteiger partial charge is 0.487 e. The molecule has 0 saturated heterocycles. The monoisotopic (exact) mass is 736 g/mol. The van der Waals surface area contributed by atoms with Crippen LogP contribution >= 0.6 is 0 Å². The Balaban J connectivity index is 1.19. The summed E-state index contributed by atoms with van der Waals surface area (Å²) in [5, 5.41) is 22.1. The number of carbonyl (C=O) groups excluding carboxylic acids is 2. The van der Waals surface area contributed by atoms with Gasteiger partial charge >= 0.3 is 30.8 Å². The average molecular weight is 737 g/mol. The molecule has 15 heteroatoms. The van der Waals surface area contributed by atoms with Crippen LogP contribution in [0.15, 0.2) is 78.9 Å². The number of hydrogen-bond donors (Lipinski definition) is 0. The van der Waals surface area contributed by atoms with Gasteiger partial charge in [0.1, 0.15) is 0 Å². The Bertz CT molecular complexity index is 1430. The van der Waals surface area contributed by atoms with Gasteiger partial charge in [-0.25, -0.2) is 9.59 Å². The molecule has 0 aliphatic carbocycles. The fraction of sp³-hybridized carbons (Fsp3) is 0.474. The molecular weight excluding hydrogens is 687 g/mol. The molecular formula is C38H49BN2O12. The van der Waals surface area contributed by atoms with E-state index in [9.17, 15) is 29.8 Å². The summed E-state index contributed by atoms with van der Waals surface area (Å²) in [6, 6.07) is 21.3. The van der Waals surface area contributed by atoms with Gasteiger partial charge in [-0.1, -0.05) is 119 Å². The minimum absolute atomic E-state index is 0.0331. The Kier molecular flexibility index (Phi) is 20.3. The zero-order chi connectivity index (χ0) is 37.9. The van der Waals surface area contributed by atoms with Gasteiger partial charge in [0.2, 0.25) is 0 Å². The van der Waals surface area contributed by atoms with E-state index in [1.54, 1.807) is 66.7 Å². The van der Waals surface area contributed by atoms with E-state index in [4.69, 9.17) is 28.3 Å². The van der Waals surface area contributed by atoms with E-state index in [2.05, 4.69) is 0 Å². The number of unbranched alkanes of at least 4 members (excludes halogenated alkanes) is 12. The minimum atomic E-state index is -1.31. The van der Waals surface area contributed by atoms with Gasteiger partial charge in [0, 0.05) is 17.6 Å². The summed E-state index contributed by atoms with van der Waals surface area (Å²) < 4.78 is 32.2. The Labute approximate surface area is 310 Å². The quantitative estimate of drug-likeness (QED) is 0.0239. The molecule has 3 aromatic rings. The predicted molar refractivity (Wildman–Crippen MR) is 199 cm³/mol. The molecule has 14 nitrogen and oxygen atoms in total. The first-order valence-electron chi connectivity index (χ1n) is 18.3. The second kappa shape index (κ2) is 25.6. The number of ether oxygens (including phenoxy) is 4. The Morgan fingerprint density at radius 2 is 0.811 bits per heavy atom. The highest BCUT2D eigenvalue weighted by atomic mass is 16.8. The molecule has 0 aliphatic heterocycles. The van der Waals surface area contributed by atoms with Gasteiger partial charge in [-0.2, -0.15) is 0 Å². The van der Waals surface area contributed by atoms with E-state index >= 15 is 0 Å². The minimum Gasteiger partial charge on any atom is -0.487 e. The van der Waals surface area contributed by atoms with E-state index < -0.39 is 29.3 Å². The summed E-state index contributed by atoms with van der Waals surface area (Å²) in [6.45, 7) is 1.17. The Morgan fingerprint density at radius 1 is 0.472 bits per heavy atom. The van der Waals surface area contributed by atoms with Crippen LogP contribution in [0.5, 0.6) is 11.5 Å². The third kappa shape index (κ3) is 17.6. The second-order valence-corrected chi connectivity index (χ2v) is 12.3. The first-order valence-corrected chi connectivity index (χ1v) is 18.3. The van der Waals surface area contributed by atoms with Crippen molar-refractivity contribution < 1.29 is 47.7 Å². The van der Waals surface area contributed by atoms with E-state index in [1.807, 2.05) is 0 Å². The molecule has 0 fully saturated rings. The molecule has 0 atom stereocenters. The fourth-order valence-electron chi connectivity index (χ4n) is 5.32. The molecule has 3 rings (SSSR count). The summed E-state index contributed by atoms with van der Waals surface area (Å²) in [7, 11) is -1.31. The van der Waals surface area contributed by atoms with Crippen LogP contribution in [0.2, 0.25) is 0 Å². The number of nitro groups is 2. The maximum absolute atomic E-state index is 12.4. The predicted octanol–water partition coefficient (Wildman–Crippen LogP) is 9.12. The third-order valence-corrected chi connectivity index (χ3v) is 8.13. The zero-order valence-corrected chi connectivity index (χ0v) is 30.1. The number of benzene rings is 3. The highest BCUT2D eigenvalue weighted by Crippen LogP contribution is 2.27. The molecule has 0 bridgehead atoms. The van der Waals surface area contributed by atoms with Gasteiger partial charge in [0.05, 0.1) is 36.3 Å². The molecule has 286 valence electrons. The largest absolute Gasteiger partial charge is 0.641 e. The lowest BCUT2D eigenvalue weighted by Gasteiger charge is -2.14. The third-order valence-electron chi connectivity index (χ3n) is 8.13. The van der Waals surface area contributed by atoms with Crippen LogP contribution in [-0.4, -0.2) is 55.7 Å². The highest BCUT2D eigenvalue weighted by molar-refractivity contribution is 6.64. The maximum Gasteiger partial charge on any atom is 0.641 e. The van der Waals surface area contributed by atoms with Crippen molar-refractivity contribution in [2.75, 3.05) is 26.4 Å². The molecule has 3 aromatic carbocycles. The van der Waals surface area contributed by atoms with E-state index in [1.165, 1.54) is 12.1 Å². The van der Waals surface area contributed by atoms with Crippen LogP contribution in [0.25, 0.3) is 0 Å². The lowest BCUT2D eigenvalue weighted by atomic mass is 9.79. The van der Waals surface area contributed by atoms with Gasteiger partial charge in [0.25, 0.3) is 0 Å². The zero-order valence-electron chi connectivity index (χ0n) is 30.1. The molecule has 0 heterocycles. The summed E-state index contributed by atoms with van der Waals surface area (Å²) in [6.07, 6.45) is 10.6. The number of nitro benzene ring substituents is 2. The lowest BCUT2D eigenvalue weighted by molar-refractivity contribution is -0.386. The van der Waals surface area contributed by atoms with Crippen molar-refractivity contribution in [1.29, 1.82) is 0 Å². The van der Waals surface area contributed by atoms with Crippen molar-refractivity contribution in [3.63, 3.8) is 0 Å². The first kappa shape index (κ1) is 42.1. The Hall–Kier alpha value is -5.34. The number of hydrogen-bond acceptors (Lipinski definition) is 12. The normalized spacial score (nSPS) is 10.6. The second-order valence-electron chi connectivity index (χ2n) is 12.3. The van der Waals surface area contributed by atoms with Crippen molar-refractivity contribution in [1.82, 2.24) is 0 Å². The molecule has 0 aromatic heterocycles. The number of rotatable bonds is 27. The van der Waals surface area contributed by atoms with Crippen molar-refractivity contribution in [2.45, 2.75) is 89.9 Å². The summed E-state index contributed by atoms with van der Waals surface area (Å²) in [4.78, 5) is 46.0. The van der Waals surface area contributed by atoms with E-state index in [0.29, 0.717) is 31.5 Å². The van der Waals surface area contributed by atoms with Crippen LogP contribution < -0.4 is 14.9 Å². The van der Waals surface area contributed by atoms with Crippen molar-refractivity contribution >= 4 is 36.3 Å². The van der Waals surface area contributed by atoms with Crippen molar-refractivity contribution in [2.24, 2.45) is 0 Å². The van der Waals surface area contributed by atoms with Crippen LogP contribution in [0, 0.1) is 20.2 Å². The molecule has 0 N–H and O–H groups in total. The van der Waals surface area contributed by atoms with Crippen LogP contribution in [0.1, 0.15) is 89.9 Å². The number of carbonyl (C=O) groups is 2. The van der Waals surface area contributed by atoms with Crippen LogP contribution in [-0.2, 0) is 18.8 Å². The Morgan fingerprint density at radius 3 is 1.21 bits per heavy atom. The lowest BCUT2D eigenvalue weighted by Crippen LogP contribution is -2.41. The highest BCUT2D eigenvalue weighted by Gasteiger charge is 2.32. The van der Waals surface area contributed by atoms with Gasteiger partial charge in [-0.3, -0.25) is 20.2 Å². The molecule has 0 amide bonds. The molecule has 0 spiro atoms. The topological polar surface area (TPSA) is 176 Å². The number of nitrogens with zero attached hydrogens (tertiary/aromatic N) is 2. The van der Waals surface area contributed by atoms with Crippen LogP contribution in [0.4, 0.5) is 21.0 Å².